The number of fused-ring (bicyclic) bond motifs is 32. The van der Waals surface area contributed by atoms with E-state index in [1.165, 1.54) is 217 Å². The topological polar surface area (TPSA) is 6.48 Å². The molecular weight excluding hydrogens is 1810 g/mol. The lowest BCUT2D eigenvalue weighted by Gasteiger charge is -2.49. The molecule has 150 heavy (non-hydrogen) atoms. The average molecular weight is 1900 g/mol. The van der Waals surface area contributed by atoms with Crippen LogP contribution in [0.15, 0.2) is 595 Å². The van der Waals surface area contributed by atoms with Gasteiger partial charge < -0.3 is 9.80 Å². The zero-order chi connectivity index (χ0) is 99.0. The van der Waals surface area contributed by atoms with Crippen molar-refractivity contribution in [3.8, 4) is 134 Å². The van der Waals surface area contributed by atoms with Crippen LogP contribution in [-0.2, 0) is 21.7 Å². The van der Waals surface area contributed by atoms with Gasteiger partial charge in [-0.2, -0.15) is 0 Å². The van der Waals surface area contributed by atoms with E-state index in [1.807, 2.05) is 0 Å². The normalized spacial score (nSPS) is 14.2. The Bertz CT molecular complexity index is 9090. The second kappa shape index (κ2) is 35.4. The Hall–Kier alpha value is -19.1. The van der Waals surface area contributed by atoms with Crippen molar-refractivity contribution >= 4 is 34.1 Å². The fourth-order valence-corrected chi connectivity index (χ4v) is 26.8. The van der Waals surface area contributed by atoms with Gasteiger partial charge in [0, 0.05) is 34.1 Å². The minimum absolute atomic E-state index is 0.459. The highest BCUT2D eigenvalue weighted by Crippen LogP contribution is 2.71. The largest absolute Gasteiger partial charge is 0.310 e. The number of hydrogen-bond acceptors (Lipinski definition) is 2. The van der Waals surface area contributed by atoms with Crippen LogP contribution in [0.4, 0.5) is 34.1 Å². The molecule has 4 spiro atoms. The molecule has 0 saturated carbocycles. The van der Waals surface area contributed by atoms with Crippen LogP contribution in [0.25, 0.3) is 134 Å². The lowest BCUT2D eigenvalue weighted by Crippen LogP contribution is -2.44. The van der Waals surface area contributed by atoms with Crippen molar-refractivity contribution in [2.75, 3.05) is 9.80 Å². The van der Waals surface area contributed by atoms with Crippen LogP contribution < -0.4 is 9.80 Å². The summed E-state index contributed by atoms with van der Waals surface area (Å²) in [4.78, 5) is 4.78. The molecule has 6 aliphatic rings. The number of anilines is 6. The van der Waals surface area contributed by atoms with E-state index in [0.717, 1.165) is 39.7 Å². The SMILES string of the molecule is c1ccc(-c2ccc(N(c3ccc(-c4ccccc4)cc3)c3cccc(-c4ccc5c(c4)-c4ccccc4C54c5ccc(-c6ccccc6)cc5C5(c6ccccc6-c6ccccc65)c5ccc(-c6ccccc6)cc54)c3)cc2)cc1.c1ccc(-c2ccc(N(c3ccc(-c4ccccc4)cc3)c3cccc(-c4ccc5c(c4)-c4ccccc4C54c5ccccc5C5(c6ccccc6-c6ccccc65)c5ccccc54)c3)cc2)cc1. The van der Waals surface area contributed by atoms with Gasteiger partial charge in [0.15, 0.2) is 0 Å². The molecule has 0 aromatic heterocycles. The van der Waals surface area contributed by atoms with Crippen LogP contribution in [-0.4, -0.2) is 0 Å². The van der Waals surface area contributed by atoms with Gasteiger partial charge in [0.25, 0.3) is 0 Å². The maximum atomic E-state index is 2.56. The Morgan fingerprint density at radius 1 is 0.0867 bits per heavy atom. The third-order valence-electron chi connectivity index (χ3n) is 33.1. The average Bonchev–Trinajstić information content (AvgIpc) is 1.48. The molecule has 6 aliphatic carbocycles. The monoisotopic (exact) mass is 1900 g/mol. The van der Waals surface area contributed by atoms with E-state index in [-0.39, 0.29) is 0 Å². The zero-order valence-electron chi connectivity index (χ0n) is 82.5. The third-order valence-corrected chi connectivity index (χ3v) is 33.1. The molecule has 0 fully saturated rings. The van der Waals surface area contributed by atoms with Gasteiger partial charge in [-0.25, -0.2) is 0 Å². The van der Waals surface area contributed by atoms with Gasteiger partial charge >= 0.3 is 0 Å². The predicted octanol–water partition coefficient (Wildman–Crippen LogP) is 37.7. The van der Waals surface area contributed by atoms with E-state index in [4.69, 9.17) is 0 Å². The van der Waals surface area contributed by atoms with Crippen LogP contribution in [0, 0.1) is 0 Å². The van der Waals surface area contributed by atoms with E-state index < -0.39 is 21.7 Å². The van der Waals surface area contributed by atoms with Crippen LogP contribution in [0.3, 0.4) is 0 Å². The number of rotatable bonds is 14. The highest BCUT2D eigenvalue weighted by atomic mass is 15.1. The number of benzene rings is 24. The minimum atomic E-state index is -0.663. The van der Waals surface area contributed by atoms with Gasteiger partial charge in [-0.05, 0) is 320 Å². The van der Waals surface area contributed by atoms with Crippen molar-refractivity contribution in [1.29, 1.82) is 0 Å². The first-order chi connectivity index (χ1) is 74.4. The van der Waals surface area contributed by atoms with Crippen LogP contribution in [0.5, 0.6) is 0 Å². The zero-order valence-corrected chi connectivity index (χ0v) is 82.5. The maximum Gasteiger partial charge on any atom is 0.0720 e. The van der Waals surface area contributed by atoms with E-state index in [2.05, 4.69) is 604 Å². The molecule has 1 atom stereocenters. The Kier molecular flexibility index (Phi) is 20.6. The molecule has 30 rings (SSSR count). The fraction of sp³-hybridized carbons (Fsp3) is 0.0270. The Morgan fingerprint density at radius 3 is 0.500 bits per heavy atom. The van der Waals surface area contributed by atoms with Crippen LogP contribution in [0.2, 0.25) is 0 Å². The molecule has 2 heteroatoms. The van der Waals surface area contributed by atoms with Gasteiger partial charge in [0.1, 0.15) is 0 Å². The highest BCUT2D eigenvalue weighted by Gasteiger charge is 2.62. The van der Waals surface area contributed by atoms with Gasteiger partial charge in [0.05, 0.1) is 21.7 Å². The van der Waals surface area contributed by atoms with E-state index in [0.29, 0.717) is 0 Å². The summed E-state index contributed by atoms with van der Waals surface area (Å²) in [6.45, 7) is 0. The molecule has 1 unspecified atom stereocenters. The summed E-state index contributed by atoms with van der Waals surface area (Å²) in [5.41, 5.74) is 55.1. The molecule has 0 saturated heterocycles. The van der Waals surface area contributed by atoms with Crippen molar-refractivity contribution in [3.05, 3.63) is 684 Å². The van der Waals surface area contributed by atoms with E-state index in [9.17, 15) is 0 Å². The van der Waals surface area contributed by atoms with E-state index in [1.54, 1.807) is 0 Å². The summed E-state index contributed by atoms with van der Waals surface area (Å²) in [7, 11) is 0. The molecule has 0 bridgehead atoms. The van der Waals surface area contributed by atoms with Crippen molar-refractivity contribution in [1.82, 2.24) is 0 Å². The quantitative estimate of drug-likeness (QED) is 0.107. The Labute approximate surface area is 876 Å². The van der Waals surface area contributed by atoms with Gasteiger partial charge in [-0.15, -0.1) is 0 Å². The first-order valence-electron chi connectivity index (χ1n) is 52.3. The highest BCUT2D eigenvalue weighted by molar-refractivity contribution is 6.00. The Balaban J connectivity index is 0.000000143. The first-order valence-corrected chi connectivity index (χ1v) is 52.3. The molecule has 2 nitrogen and oxygen atoms in total. The molecule has 24 aromatic carbocycles. The summed E-state index contributed by atoms with van der Waals surface area (Å²) in [5, 5.41) is 0. The smallest absolute Gasteiger partial charge is 0.0720 e. The fourth-order valence-electron chi connectivity index (χ4n) is 26.8. The van der Waals surface area contributed by atoms with Crippen molar-refractivity contribution in [2.45, 2.75) is 21.7 Å². The second-order valence-electron chi connectivity index (χ2n) is 40.6. The summed E-state index contributed by atoms with van der Waals surface area (Å²) in [6.07, 6.45) is 0. The first kappa shape index (κ1) is 87.5. The van der Waals surface area contributed by atoms with Crippen LogP contribution in [0.1, 0.15) is 89.0 Å². The van der Waals surface area contributed by atoms with Gasteiger partial charge in [-0.3, -0.25) is 0 Å². The summed E-state index contributed by atoms with van der Waals surface area (Å²) >= 11 is 0. The number of nitrogens with zero attached hydrogens (tertiary/aromatic N) is 2. The lowest BCUT2D eigenvalue weighted by atomic mass is 9.52. The maximum absolute atomic E-state index is 2.56. The molecule has 0 N–H and O–H groups in total. The van der Waals surface area contributed by atoms with Crippen LogP contribution >= 0.6 is 0 Å². The van der Waals surface area contributed by atoms with Crippen molar-refractivity contribution in [2.24, 2.45) is 0 Å². The molecule has 0 radical (unpaired) electrons. The molecule has 0 heterocycles. The lowest BCUT2D eigenvalue weighted by molar-refractivity contribution is 0.633. The van der Waals surface area contributed by atoms with Crippen molar-refractivity contribution < 1.29 is 0 Å². The Morgan fingerprint density at radius 2 is 0.247 bits per heavy atom. The molecular formula is C148H98N2. The van der Waals surface area contributed by atoms with E-state index >= 15 is 0 Å². The summed E-state index contributed by atoms with van der Waals surface area (Å²) < 4.78 is 0. The second-order valence-corrected chi connectivity index (χ2v) is 40.6. The molecule has 0 aliphatic heterocycles. The summed E-state index contributed by atoms with van der Waals surface area (Å²) in [5.74, 6) is 0. The molecule has 700 valence electrons. The number of hydrogen-bond donors (Lipinski definition) is 0. The molecule has 0 amide bonds. The van der Waals surface area contributed by atoms with Gasteiger partial charge in [-0.1, -0.05) is 497 Å². The summed E-state index contributed by atoms with van der Waals surface area (Å²) in [6, 6.07) is 222. The van der Waals surface area contributed by atoms with Gasteiger partial charge in [0.2, 0.25) is 0 Å². The predicted molar refractivity (Wildman–Crippen MR) is 622 cm³/mol. The van der Waals surface area contributed by atoms with Crippen molar-refractivity contribution in [3.63, 3.8) is 0 Å². The minimum Gasteiger partial charge on any atom is -0.310 e. The third kappa shape index (κ3) is 13.4. The standard InChI is InChI=1S/C80H53N.C68H45N/c1-5-20-54(21-6-1)58-36-43-64(44-37-58)81(65-45-38-59(39-46-65)55-22-7-2-8-23-55)66-29-19-28-60(50-66)61-40-47-74-70(51-61)69-32-15-18-35-73(69)80(74)76-49-42-62(56-24-9-3-10-25-56)52-77(76)79(71-33-16-13-30-67(71)68-31-14-17-34-72(68)79)75-48-41-63(53-78(75)80)57-26-11-4-12-27-57;1-3-18-46(19-4-1)48-34-39-52(40-35-48)69(53-41-36-49(37-42-53)47-20-5-2-6-21-47)54-23-17-22-50(44-54)51-38-43-62-58(45-51)57-26-9-12-29-61(57)68(62)65-32-15-13-30-63(65)67(64-31-14-16-33-66(64)68)59-27-10-7-24-55(59)56-25-8-11-28-60(56)67/h1-53H;1-45H. The molecule has 24 aromatic rings.